The minimum Gasteiger partial charge on any atom is -0.363 e. The molecular weight excluding hydrogens is 327 g/mol. The summed E-state index contributed by atoms with van der Waals surface area (Å²) in [6, 6.07) is 17.0. The molecule has 2 aromatic carbocycles. The lowest BCUT2D eigenvalue weighted by Gasteiger charge is -2.29. The predicted octanol–water partition coefficient (Wildman–Crippen LogP) is 3.70. The Morgan fingerprint density at radius 3 is 2.77 bits per heavy atom. The van der Waals surface area contributed by atoms with Gasteiger partial charge in [-0.2, -0.15) is 5.26 Å². The number of fused-ring (bicyclic) bond motifs is 1. The van der Waals surface area contributed by atoms with Crippen molar-refractivity contribution in [3.63, 3.8) is 0 Å². The average Bonchev–Trinajstić information content (AvgIpc) is 3.09. The van der Waals surface area contributed by atoms with Crippen molar-refractivity contribution in [2.24, 2.45) is 0 Å². The number of anilines is 1. The Labute approximate surface area is 152 Å². The maximum atomic E-state index is 14.3. The van der Waals surface area contributed by atoms with Gasteiger partial charge in [-0.05, 0) is 30.2 Å². The quantitative estimate of drug-likeness (QED) is 0.724. The topological polar surface area (TPSA) is 44.9 Å². The van der Waals surface area contributed by atoms with Crippen LogP contribution in [0.3, 0.4) is 0 Å². The number of halogens is 1. The number of aromatic nitrogens is 2. The number of hydrogen-bond donors (Lipinski definition) is 0. The van der Waals surface area contributed by atoms with Crippen molar-refractivity contribution in [3.8, 4) is 6.07 Å². The lowest BCUT2D eigenvalue weighted by atomic mass is 10.1. The fraction of sp³-hybridized carbons (Fsp3) is 0.238. The molecule has 4 nitrogen and oxygen atoms in total. The highest BCUT2D eigenvalue weighted by molar-refractivity contribution is 5.52. The summed E-state index contributed by atoms with van der Waals surface area (Å²) in [6.07, 6.45) is 3.70. The van der Waals surface area contributed by atoms with Gasteiger partial charge in [0, 0.05) is 25.2 Å². The first-order chi connectivity index (χ1) is 12.7. The second kappa shape index (κ2) is 7.01. The van der Waals surface area contributed by atoms with E-state index in [2.05, 4.69) is 33.8 Å². The minimum absolute atomic E-state index is 0.342. The lowest BCUT2D eigenvalue weighted by molar-refractivity contribution is 0.595. The second-order valence-electron chi connectivity index (χ2n) is 6.52. The molecule has 0 unspecified atom stereocenters. The Morgan fingerprint density at radius 2 is 2.00 bits per heavy atom. The van der Waals surface area contributed by atoms with Crippen LogP contribution < -0.4 is 4.90 Å². The zero-order valence-electron chi connectivity index (χ0n) is 14.4. The van der Waals surface area contributed by atoms with E-state index in [4.69, 9.17) is 5.26 Å². The highest BCUT2D eigenvalue weighted by atomic mass is 19.1. The fourth-order valence-electron chi connectivity index (χ4n) is 3.50. The van der Waals surface area contributed by atoms with E-state index in [-0.39, 0.29) is 5.82 Å². The van der Waals surface area contributed by atoms with Gasteiger partial charge >= 0.3 is 0 Å². The van der Waals surface area contributed by atoms with Crippen molar-refractivity contribution in [3.05, 3.63) is 83.2 Å². The second-order valence-corrected chi connectivity index (χ2v) is 6.52. The zero-order chi connectivity index (χ0) is 17.9. The summed E-state index contributed by atoms with van der Waals surface area (Å²) in [4.78, 5) is 6.55. The molecule has 3 aromatic rings. The SMILES string of the molecule is N#Cc1ccc(N2CCc3c(ncn3CCc3ccccc3)C2)c(F)c1. The first-order valence-corrected chi connectivity index (χ1v) is 8.76. The summed E-state index contributed by atoms with van der Waals surface area (Å²) < 4.78 is 16.5. The van der Waals surface area contributed by atoms with E-state index in [1.807, 2.05) is 23.4 Å². The van der Waals surface area contributed by atoms with E-state index in [0.717, 1.165) is 31.6 Å². The Bertz CT molecular complexity index is 956. The van der Waals surface area contributed by atoms with Crippen LogP contribution in [0.25, 0.3) is 0 Å². The molecule has 5 heteroatoms. The normalized spacial score (nSPS) is 13.3. The van der Waals surface area contributed by atoms with Gasteiger partial charge in [0.25, 0.3) is 0 Å². The molecule has 0 atom stereocenters. The molecular formula is C21H19FN4. The molecule has 130 valence electrons. The number of rotatable bonds is 4. The Morgan fingerprint density at radius 1 is 1.15 bits per heavy atom. The molecule has 1 aliphatic rings. The molecule has 0 aliphatic carbocycles. The zero-order valence-corrected chi connectivity index (χ0v) is 14.4. The smallest absolute Gasteiger partial charge is 0.147 e. The van der Waals surface area contributed by atoms with Crippen LogP contribution in [0.5, 0.6) is 0 Å². The highest BCUT2D eigenvalue weighted by Gasteiger charge is 2.23. The van der Waals surface area contributed by atoms with E-state index < -0.39 is 0 Å². The van der Waals surface area contributed by atoms with Gasteiger partial charge in [-0.1, -0.05) is 30.3 Å². The third-order valence-corrected chi connectivity index (χ3v) is 4.89. The van der Waals surface area contributed by atoms with Gasteiger partial charge in [0.1, 0.15) is 5.82 Å². The molecule has 0 radical (unpaired) electrons. The summed E-state index contributed by atoms with van der Waals surface area (Å²) in [5.74, 6) is -0.351. The first-order valence-electron chi connectivity index (χ1n) is 8.76. The van der Waals surface area contributed by atoms with Crippen LogP contribution in [-0.2, 0) is 25.9 Å². The number of imidazole rings is 1. The number of hydrogen-bond acceptors (Lipinski definition) is 3. The summed E-state index contributed by atoms with van der Waals surface area (Å²) >= 11 is 0. The summed E-state index contributed by atoms with van der Waals surface area (Å²) in [5, 5.41) is 8.89. The maximum Gasteiger partial charge on any atom is 0.147 e. The standard InChI is InChI=1S/C21H19FN4/c22-18-12-17(13-23)6-7-20(18)25-11-9-21-19(14-25)24-15-26(21)10-8-16-4-2-1-3-5-16/h1-7,12,15H,8-11,14H2. The fourth-order valence-corrected chi connectivity index (χ4v) is 3.50. The van der Waals surface area contributed by atoms with Crippen LogP contribution in [0.15, 0.2) is 54.9 Å². The van der Waals surface area contributed by atoms with Crippen LogP contribution in [0.4, 0.5) is 10.1 Å². The predicted molar refractivity (Wildman–Crippen MR) is 98.2 cm³/mol. The van der Waals surface area contributed by atoms with Crippen LogP contribution in [0, 0.1) is 17.1 Å². The van der Waals surface area contributed by atoms with E-state index in [1.165, 1.54) is 17.3 Å². The molecule has 4 rings (SSSR count). The summed E-state index contributed by atoms with van der Waals surface area (Å²) in [6.45, 7) is 2.24. The average molecular weight is 346 g/mol. The molecule has 1 aliphatic heterocycles. The van der Waals surface area contributed by atoms with Crippen molar-refractivity contribution in [1.82, 2.24) is 9.55 Å². The Kier molecular flexibility index (Phi) is 4.40. The number of nitrogens with zero attached hydrogens (tertiary/aromatic N) is 4. The van der Waals surface area contributed by atoms with Gasteiger partial charge in [0.2, 0.25) is 0 Å². The van der Waals surface area contributed by atoms with Crippen molar-refractivity contribution in [1.29, 1.82) is 5.26 Å². The Hall–Kier alpha value is -3.13. The number of benzene rings is 2. The minimum atomic E-state index is -0.351. The van der Waals surface area contributed by atoms with Crippen molar-refractivity contribution in [2.45, 2.75) is 25.9 Å². The molecule has 0 fully saturated rings. The maximum absolute atomic E-state index is 14.3. The van der Waals surface area contributed by atoms with Crippen molar-refractivity contribution < 1.29 is 4.39 Å². The van der Waals surface area contributed by atoms with E-state index in [1.54, 1.807) is 12.1 Å². The van der Waals surface area contributed by atoms with Crippen LogP contribution in [0.1, 0.15) is 22.5 Å². The van der Waals surface area contributed by atoms with Gasteiger partial charge in [0.15, 0.2) is 0 Å². The largest absolute Gasteiger partial charge is 0.363 e. The number of aryl methyl sites for hydroxylation is 2. The molecule has 0 amide bonds. The third-order valence-electron chi connectivity index (χ3n) is 4.89. The van der Waals surface area contributed by atoms with Crippen LogP contribution >= 0.6 is 0 Å². The molecule has 0 saturated carbocycles. The van der Waals surface area contributed by atoms with Gasteiger partial charge in [-0.15, -0.1) is 0 Å². The molecule has 1 aromatic heterocycles. The molecule has 0 bridgehead atoms. The van der Waals surface area contributed by atoms with E-state index in [0.29, 0.717) is 17.8 Å². The van der Waals surface area contributed by atoms with Gasteiger partial charge in [-0.3, -0.25) is 0 Å². The van der Waals surface area contributed by atoms with Crippen molar-refractivity contribution >= 4 is 5.69 Å². The summed E-state index contributed by atoms with van der Waals surface area (Å²) in [7, 11) is 0. The van der Waals surface area contributed by atoms with Gasteiger partial charge < -0.3 is 9.47 Å². The molecule has 26 heavy (non-hydrogen) atoms. The number of nitriles is 1. The monoisotopic (exact) mass is 346 g/mol. The van der Waals surface area contributed by atoms with Crippen molar-refractivity contribution in [2.75, 3.05) is 11.4 Å². The molecule has 2 heterocycles. The van der Waals surface area contributed by atoms with Crippen LogP contribution in [-0.4, -0.2) is 16.1 Å². The highest BCUT2D eigenvalue weighted by Crippen LogP contribution is 2.27. The molecule has 0 N–H and O–H groups in total. The van der Waals surface area contributed by atoms with Gasteiger partial charge in [0.05, 0.1) is 35.9 Å². The van der Waals surface area contributed by atoms with Gasteiger partial charge in [-0.25, -0.2) is 9.37 Å². The lowest BCUT2D eigenvalue weighted by Crippen LogP contribution is -2.32. The van der Waals surface area contributed by atoms with E-state index >= 15 is 0 Å². The first kappa shape index (κ1) is 16.3. The van der Waals surface area contributed by atoms with E-state index in [9.17, 15) is 4.39 Å². The Balaban J connectivity index is 1.49. The summed E-state index contributed by atoms with van der Waals surface area (Å²) in [5.41, 5.74) is 4.44. The third kappa shape index (κ3) is 3.18. The molecule has 0 saturated heterocycles. The molecule has 0 spiro atoms. The van der Waals surface area contributed by atoms with Crippen LogP contribution in [0.2, 0.25) is 0 Å².